The monoisotopic (exact) mass is 361 g/mol. The maximum Gasteiger partial charge on any atom is 0.266 e. The lowest BCUT2D eigenvalue weighted by Gasteiger charge is -2.08. The van der Waals surface area contributed by atoms with Crippen LogP contribution in [0.1, 0.15) is 17.5 Å². The SMILES string of the molecule is Cc1ccc(-c2ccc(=O)n(CCC(=O)NCCc3ccccc3)n2)cc1. The van der Waals surface area contributed by atoms with Crippen LogP contribution in [0.3, 0.4) is 0 Å². The molecule has 1 N–H and O–H groups in total. The third-order valence-electron chi connectivity index (χ3n) is 4.34. The van der Waals surface area contributed by atoms with Crippen molar-refractivity contribution in [3.63, 3.8) is 0 Å². The van der Waals surface area contributed by atoms with Gasteiger partial charge in [-0.3, -0.25) is 9.59 Å². The Balaban J connectivity index is 1.55. The van der Waals surface area contributed by atoms with E-state index in [1.54, 1.807) is 6.07 Å². The van der Waals surface area contributed by atoms with Crippen molar-refractivity contribution < 1.29 is 4.79 Å². The van der Waals surface area contributed by atoms with Gasteiger partial charge in [0, 0.05) is 24.6 Å². The second kappa shape index (κ2) is 8.94. The lowest BCUT2D eigenvalue weighted by atomic mass is 10.1. The molecule has 0 radical (unpaired) electrons. The van der Waals surface area contributed by atoms with E-state index in [0.29, 0.717) is 6.54 Å². The number of nitrogens with zero attached hydrogens (tertiary/aromatic N) is 2. The van der Waals surface area contributed by atoms with Crippen molar-refractivity contribution in [1.29, 1.82) is 0 Å². The highest BCUT2D eigenvalue weighted by molar-refractivity contribution is 5.75. The molecule has 0 fully saturated rings. The van der Waals surface area contributed by atoms with Crippen molar-refractivity contribution in [2.75, 3.05) is 6.54 Å². The number of aryl methyl sites for hydroxylation is 2. The van der Waals surface area contributed by atoms with Crippen molar-refractivity contribution >= 4 is 5.91 Å². The van der Waals surface area contributed by atoms with Gasteiger partial charge in [0.1, 0.15) is 0 Å². The highest BCUT2D eigenvalue weighted by atomic mass is 16.2. The molecule has 0 saturated heterocycles. The zero-order chi connectivity index (χ0) is 19.1. The number of aromatic nitrogens is 2. The van der Waals surface area contributed by atoms with Crippen LogP contribution in [-0.4, -0.2) is 22.2 Å². The number of hydrogen-bond acceptors (Lipinski definition) is 3. The van der Waals surface area contributed by atoms with Gasteiger partial charge in [-0.15, -0.1) is 0 Å². The molecule has 0 atom stereocenters. The predicted octanol–water partition coefficient (Wildman–Crippen LogP) is 2.97. The molecule has 2 aromatic carbocycles. The molecule has 0 aliphatic carbocycles. The van der Waals surface area contributed by atoms with Crippen LogP contribution in [0, 0.1) is 6.92 Å². The van der Waals surface area contributed by atoms with Crippen LogP contribution in [0.4, 0.5) is 0 Å². The van der Waals surface area contributed by atoms with E-state index < -0.39 is 0 Å². The molecular formula is C22H23N3O2. The lowest BCUT2D eigenvalue weighted by Crippen LogP contribution is -2.29. The Kier molecular flexibility index (Phi) is 6.15. The van der Waals surface area contributed by atoms with E-state index in [2.05, 4.69) is 10.4 Å². The minimum absolute atomic E-state index is 0.0830. The van der Waals surface area contributed by atoms with Gasteiger partial charge in [-0.25, -0.2) is 4.68 Å². The second-order valence-corrected chi connectivity index (χ2v) is 6.48. The summed E-state index contributed by atoms with van der Waals surface area (Å²) < 4.78 is 1.35. The molecule has 1 heterocycles. The molecule has 0 aliphatic heterocycles. The van der Waals surface area contributed by atoms with E-state index in [1.165, 1.54) is 21.9 Å². The van der Waals surface area contributed by atoms with Crippen LogP contribution in [0.25, 0.3) is 11.3 Å². The van der Waals surface area contributed by atoms with Crippen molar-refractivity contribution in [2.45, 2.75) is 26.3 Å². The smallest absolute Gasteiger partial charge is 0.266 e. The van der Waals surface area contributed by atoms with Crippen LogP contribution in [-0.2, 0) is 17.8 Å². The van der Waals surface area contributed by atoms with E-state index >= 15 is 0 Å². The summed E-state index contributed by atoms with van der Waals surface area (Å²) in [5.74, 6) is -0.0830. The molecule has 3 rings (SSSR count). The fraction of sp³-hybridized carbons (Fsp3) is 0.227. The molecule has 3 aromatic rings. The first-order chi connectivity index (χ1) is 13.1. The van der Waals surface area contributed by atoms with Gasteiger partial charge in [-0.1, -0.05) is 60.2 Å². The van der Waals surface area contributed by atoms with E-state index in [4.69, 9.17) is 0 Å². The molecule has 0 aliphatic rings. The zero-order valence-corrected chi connectivity index (χ0v) is 15.4. The average Bonchev–Trinajstić information content (AvgIpc) is 2.69. The van der Waals surface area contributed by atoms with Gasteiger partial charge >= 0.3 is 0 Å². The topological polar surface area (TPSA) is 64.0 Å². The number of carbonyl (C=O) groups excluding carboxylic acids is 1. The minimum Gasteiger partial charge on any atom is -0.356 e. The maximum absolute atomic E-state index is 12.1. The molecule has 0 bridgehead atoms. The molecule has 27 heavy (non-hydrogen) atoms. The minimum atomic E-state index is -0.206. The molecule has 5 nitrogen and oxygen atoms in total. The average molecular weight is 361 g/mol. The standard InChI is InChI=1S/C22H23N3O2/c1-17-7-9-19(10-8-17)20-11-12-22(27)25(24-20)16-14-21(26)23-15-13-18-5-3-2-4-6-18/h2-12H,13-16H2,1H3,(H,23,26). The number of rotatable bonds is 7. The van der Waals surface area contributed by atoms with E-state index in [9.17, 15) is 9.59 Å². The van der Waals surface area contributed by atoms with Gasteiger partial charge in [0.05, 0.1) is 12.2 Å². The van der Waals surface area contributed by atoms with Crippen LogP contribution < -0.4 is 10.9 Å². The van der Waals surface area contributed by atoms with E-state index in [0.717, 1.165) is 17.7 Å². The Bertz CT molecular complexity index is 947. The van der Waals surface area contributed by atoms with Crippen molar-refractivity contribution in [1.82, 2.24) is 15.1 Å². The van der Waals surface area contributed by atoms with Crippen molar-refractivity contribution in [3.8, 4) is 11.3 Å². The number of nitrogens with one attached hydrogen (secondary N) is 1. The Morgan fingerprint density at radius 1 is 1.00 bits per heavy atom. The number of benzene rings is 2. The summed E-state index contributed by atoms with van der Waals surface area (Å²) in [6, 6.07) is 21.2. The third kappa shape index (κ3) is 5.38. The lowest BCUT2D eigenvalue weighted by molar-refractivity contribution is -0.121. The zero-order valence-electron chi connectivity index (χ0n) is 15.4. The Labute approximate surface area is 158 Å². The normalized spacial score (nSPS) is 10.6. The summed E-state index contributed by atoms with van der Waals surface area (Å²) >= 11 is 0. The molecular weight excluding hydrogens is 338 g/mol. The first-order valence-corrected chi connectivity index (χ1v) is 9.08. The van der Waals surface area contributed by atoms with Crippen LogP contribution in [0.15, 0.2) is 71.5 Å². The first kappa shape index (κ1) is 18.6. The molecule has 1 aromatic heterocycles. The summed E-state index contributed by atoms with van der Waals surface area (Å²) in [5, 5.41) is 7.29. The molecule has 5 heteroatoms. The second-order valence-electron chi connectivity index (χ2n) is 6.48. The van der Waals surface area contributed by atoms with Gasteiger partial charge in [0.15, 0.2) is 0 Å². The number of carbonyl (C=O) groups is 1. The Morgan fingerprint density at radius 3 is 2.48 bits per heavy atom. The molecule has 138 valence electrons. The van der Waals surface area contributed by atoms with Crippen LogP contribution in [0.5, 0.6) is 0 Å². The highest BCUT2D eigenvalue weighted by Crippen LogP contribution is 2.15. The molecule has 1 amide bonds. The molecule has 0 spiro atoms. The molecule has 0 saturated carbocycles. The van der Waals surface area contributed by atoms with E-state index in [1.807, 2.05) is 61.5 Å². The Hall–Kier alpha value is -3.21. The predicted molar refractivity (Wildman–Crippen MR) is 106 cm³/mol. The largest absolute Gasteiger partial charge is 0.356 e. The third-order valence-corrected chi connectivity index (χ3v) is 4.34. The summed E-state index contributed by atoms with van der Waals surface area (Å²) in [6.45, 7) is 2.86. The van der Waals surface area contributed by atoms with Crippen LogP contribution in [0.2, 0.25) is 0 Å². The van der Waals surface area contributed by atoms with Gasteiger partial charge in [-0.2, -0.15) is 5.10 Å². The fourth-order valence-electron chi connectivity index (χ4n) is 2.77. The first-order valence-electron chi connectivity index (χ1n) is 9.08. The number of hydrogen-bond donors (Lipinski definition) is 1. The van der Waals surface area contributed by atoms with E-state index in [-0.39, 0.29) is 24.4 Å². The van der Waals surface area contributed by atoms with Crippen molar-refractivity contribution in [3.05, 3.63) is 88.2 Å². The number of amides is 1. The van der Waals surface area contributed by atoms with Gasteiger partial charge in [0.2, 0.25) is 5.91 Å². The van der Waals surface area contributed by atoms with Gasteiger partial charge < -0.3 is 5.32 Å². The quantitative estimate of drug-likeness (QED) is 0.704. The molecule has 0 unspecified atom stereocenters. The maximum atomic E-state index is 12.1. The fourth-order valence-corrected chi connectivity index (χ4v) is 2.77. The highest BCUT2D eigenvalue weighted by Gasteiger charge is 2.06. The summed E-state index contributed by atoms with van der Waals surface area (Å²) in [6.07, 6.45) is 1.01. The van der Waals surface area contributed by atoms with Gasteiger partial charge in [0.25, 0.3) is 5.56 Å². The van der Waals surface area contributed by atoms with Crippen molar-refractivity contribution in [2.24, 2.45) is 0 Å². The van der Waals surface area contributed by atoms with Gasteiger partial charge in [-0.05, 0) is 25.0 Å². The summed E-state index contributed by atoms with van der Waals surface area (Å²) in [4.78, 5) is 24.1. The summed E-state index contributed by atoms with van der Waals surface area (Å²) in [7, 11) is 0. The Morgan fingerprint density at radius 2 is 1.74 bits per heavy atom. The summed E-state index contributed by atoms with van der Waals surface area (Å²) in [5.41, 5.74) is 3.81. The van der Waals surface area contributed by atoms with Crippen LogP contribution >= 0.6 is 0 Å².